The summed E-state index contributed by atoms with van der Waals surface area (Å²) < 4.78 is 0. The highest BCUT2D eigenvalue weighted by atomic mass is 15.2. The molecule has 0 aromatic rings. The molecule has 1 saturated carbocycles. The third-order valence-electron chi connectivity index (χ3n) is 6.31. The van der Waals surface area contributed by atoms with E-state index in [1.165, 1.54) is 77.5 Å². The maximum Gasteiger partial charge on any atom is 0.0101 e. The molecule has 3 fully saturated rings. The summed E-state index contributed by atoms with van der Waals surface area (Å²) in [5, 5.41) is 3.50. The number of likely N-dealkylation sites (tertiary alicyclic amines) is 1. The zero-order chi connectivity index (χ0) is 14.7. The summed E-state index contributed by atoms with van der Waals surface area (Å²) in [7, 11) is 0. The first-order chi connectivity index (χ1) is 10.2. The van der Waals surface area contributed by atoms with Gasteiger partial charge in [-0.2, -0.15) is 0 Å². The van der Waals surface area contributed by atoms with Crippen LogP contribution in [-0.2, 0) is 0 Å². The first-order valence-electron chi connectivity index (χ1n) is 9.65. The van der Waals surface area contributed by atoms with E-state index in [2.05, 4.69) is 24.1 Å². The predicted molar refractivity (Wildman–Crippen MR) is 90.5 cm³/mol. The first kappa shape index (κ1) is 15.8. The molecule has 2 heteroatoms. The minimum atomic E-state index is 0.895. The molecule has 0 atom stereocenters. The largest absolute Gasteiger partial charge is 0.317 e. The van der Waals surface area contributed by atoms with Gasteiger partial charge in [0.2, 0.25) is 0 Å². The molecule has 3 rings (SSSR count). The molecule has 0 bridgehead atoms. The van der Waals surface area contributed by atoms with Gasteiger partial charge in [0.1, 0.15) is 0 Å². The van der Waals surface area contributed by atoms with Crippen LogP contribution in [0.4, 0.5) is 0 Å². The lowest BCUT2D eigenvalue weighted by atomic mass is 9.74. The van der Waals surface area contributed by atoms with Crippen molar-refractivity contribution in [3.8, 4) is 0 Å². The number of hydrogen-bond acceptors (Lipinski definition) is 2. The Morgan fingerprint density at radius 3 is 2.14 bits per heavy atom. The molecule has 2 saturated heterocycles. The zero-order valence-electron chi connectivity index (χ0n) is 14.3. The number of hydrogen-bond donors (Lipinski definition) is 1. The van der Waals surface area contributed by atoms with Crippen molar-refractivity contribution in [1.29, 1.82) is 0 Å². The molecule has 0 aromatic carbocycles. The van der Waals surface area contributed by atoms with Gasteiger partial charge in [0.15, 0.2) is 0 Å². The normalized spacial score (nSPS) is 33.3. The Bertz CT molecular complexity index is 295. The van der Waals surface area contributed by atoms with Crippen LogP contribution in [0.25, 0.3) is 0 Å². The average Bonchev–Trinajstić information content (AvgIpc) is 2.44. The number of nitrogens with one attached hydrogen (secondary N) is 1. The molecular formula is C19H36N2. The Morgan fingerprint density at radius 2 is 1.52 bits per heavy atom. The second kappa shape index (κ2) is 7.46. The molecule has 2 heterocycles. The maximum atomic E-state index is 3.50. The SMILES string of the molecule is CC(C)CC1CC(N2CCC(CC3CCNCC3)CC2)C1. The van der Waals surface area contributed by atoms with E-state index in [0.717, 1.165) is 29.7 Å². The Hall–Kier alpha value is -0.0800. The predicted octanol–water partition coefficient (Wildman–Crippen LogP) is 3.91. The van der Waals surface area contributed by atoms with Gasteiger partial charge in [-0.3, -0.25) is 0 Å². The van der Waals surface area contributed by atoms with Crippen molar-refractivity contribution in [2.45, 2.75) is 71.3 Å². The van der Waals surface area contributed by atoms with E-state index in [9.17, 15) is 0 Å². The maximum absolute atomic E-state index is 3.50. The lowest BCUT2D eigenvalue weighted by molar-refractivity contribution is 0.0368. The fourth-order valence-electron chi connectivity index (χ4n) is 5.00. The Balaban J connectivity index is 1.32. The van der Waals surface area contributed by atoms with Gasteiger partial charge in [0.05, 0.1) is 0 Å². The molecule has 2 nitrogen and oxygen atoms in total. The van der Waals surface area contributed by atoms with Crippen LogP contribution in [0.2, 0.25) is 0 Å². The van der Waals surface area contributed by atoms with Crippen LogP contribution in [0, 0.1) is 23.7 Å². The number of rotatable bonds is 5. The van der Waals surface area contributed by atoms with Gasteiger partial charge in [0.25, 0.3) is 0 Å². The first-order valence-corrected chi connectivity index (χ1v) is 9.65. The molecule has 3 aliphatic rings. The van der Waals surface area contributed by atoms with Gasteiger partial charge in [-0.25, -0.2) is 0 Å². The van der Waals surface area contributed by atoms with Crippen LogP contribution in [0.5, 0.6) is 0 Å². The Morgan fingerprint density at radius 1 is 0.905 bits per heavy atom. The van der Waals surface area contributed by atoms with Crippen LogP contribution in [0.15, 0.2) is 0 Å². The van der Waals surface area contributed by atoms with E-state index in [-0.39, 0.29) is 0 Å². The topological polar surface area (TPSA) is 15.3 Å². The number of nitrogens with zero attached hydrogens (tertiary/aromatic N) is 1. The van der Waals surface area contributed by atoms with Crippen molar-refractivity contribution in [3.63, 3.8) is 0 Å². The second-order valence-corrected chi connectivity index (χ2v) is 8.53. The summed E-state index contributed by atoms with van der Waals surface area (Å²) in [5.74, 6) is 4.01. The highest BCUT2D eigenvalue weighted by Crippen LogP contribution is 2.38. The molecule has 122 valence electrons. The standard InChI is InChI=1S/C19H36N2/c1-15(2)11-18-13-19(14-18)21-9-5-17(6-10-21)12-16-3-7-20-8-4-16/h15-20H,3-14H2,1-2H3. The second-order valence-electron chi connectivity index (χ2n) is 8.53. The molecular weight excluding hydrogens is 256 g/mol. The van der Waals surface area contributed by atoms with Crippen LogP contribution in [0.3, 0.4) is 0 Å². The smallest absolute Gasteiger partial charge is 0.0101 e. The molecule has 0 spiro atoms. The van der Waals surface area contributed by atoms with Gasteiger partial charge < -0.3 is 10.2 Å². The van der Waals surface area contributed by atoms with Crippen molar-refractivity contribution in [1.82, 2.24) is 10.2 Å². The molecule has 0 unspecified atom stereocenters. The minimum Gasteiger partial charge on any atom is -0.317 e. The van der Waals surface area contributed by atoms with Crippen molar-refractivity contribution in [2.24, 2.45) is 23.7 Å². The van der Waals surface area contributed by atoms with Crippen molar-refractivity contribution < 1.29 is 0 Å². The molecule has 2 aliphatic heterocycles. The van der Waals surface area contributed by atoms with Crippen molar-refractivity contribution >= 4 is 0 Å². The van der Waals surface area contributed by atoms with Gasteiger partial charge >= 0.3 is 0 Å². The van der Waals surface area contributed by atoms with E-state index >= 15 is 0 Å². The quantitative estimate of drug-likeness (QED) is 0.826. The minimum absolute atomic E-state index is 0.895. The van der Waals surface area contributed by atoms with Crippen LogP contribution >= 0.6 is 0 Å². The Kier molecular flexibility index (Phi) is 5.61. The van der Waals surface area contributed by atoms with E-state index in [1.54, 1.807) is 0 Å². The molecule has 0 radical (unpaired) electrons. The Labute approximate surface area is 132 Å². The molecule has 21 heavy (non-hydrogen) atoms. The monoisotopic (exact) mass is 292 g/mol. The fraction of sp³-hybridized carbons (Fsp3) is 1.00. The molecule has 0 aromatic heterocycles. The van der Waals surface area contributed by atoms with Crippen LogP contribution in [-0.4, -0.2) is 37.1 Å². The zero-order valence-corrected chi connectivity index (χ0v) is 14.3. The summed E-state index contributed by atoms with van der Waals surface area (Å²) in [4.78, 5) is 2.83. The summed E-state index contributed by atoms with van der Waals surface area (Å²) in [6, 6.07) is 0.952. The lowest BCUT2D eigenvalue weighted by Crippen LogP contribution is -2.48. The highest BCUT2D eigenvalue weighted by molar-refractivity contribution is 4.90. The van der Waals surface area contributed by atoms with Crippen LogP contribution in [0.1, 0.15) is 65.2 Å². The van der Waals surface area contributed by atoms with E-state index < -0.39 is 0 Å². The third kappa shape index (κ3) is 4.45. The molecule has 1 aliphatic carbocycles. The summed E-state index contributed by atoms with van der Waals surface area (Å²) in [6.07, 6.45) is 11.8. The van der Waals surface area contributed by atoms with Gasteiger partial charge in [0, 0.05) is 6.04 Å². The lowest BCUT2D eigenvalue weighted by Gasteiger charge is -2.46. The van der Waals surface area contributed by atoms with E-state index in [1.807, 2.05) is 0 Å². The highest BCUT2D eigenvalue weighted by Gasteiger charge is 2.35. The van der Waals surface area contributed by atoms with Gasteiger partial charge in [-0.1, -0.05) is 13.8 Å². The van der Waals surface area contributed by atoms with Gasteiger partial charge in [-0.05, 0) is 101 Å². The van der Waals surface area contributed by atoms with Crippen molar-refractivity contribution in [2.75, 3.05) is 26.2 Å². The molecule has 0 amide bonds. The summed E-state index contributed by atoms with van der Waals surface area (Å²) >= 11 is 0. The van der Waals surface area contributed by atoms with E-state index in [4.69, 9.17) is 0 Å². The number of piperidine rings is 2. The average molecular weight is 293 g/mol. The fourth-order valence-corrected chi connectivity index (χ4v) is 5.00. The van der Waals surface area contributed by atoms with E-state index in [0.29, 0.717) is 0 Å². The molecule has 1 N–H and O–H groups in total. The summed E-state index contributed by atoms with van der Waals surface area (Å²) in [6.45, 7) is 10.1. The van der Waals surface area contributed by atoms with Gasteiger partial charge in [-0.15, -0.1) is 0 Å². The third-order valence-corrected chi connectivity index (χ3v) is 6.31. The summed E-state index contributed by atoms with van der Waals surface area (Å²) in [5.41, 5.74) is 0. The van der Waals surface area contributed by atoms with Crippen LogP contribution < -0.4 is 5.32 Å². The van der Waals surface area contributed by atoms with Crippen molar-refractivity contribution in [3.05, 3.63) is 0 Å².